The summed E-state index contributed by atoms with van der Waals surface area (Å²) < 4.78 is 10.9. The topological polar surface area (TPSA) is 54.0 Å². The van der Waals surface area contributed by atoms with Crippen LogP contribution in [0.2, 0.25) is 0 Å². The maximum Gasteiger partial charge on any atom is 0.317 e. The zero-order valence-corrected chi connectivity index (χ0v) is 16.9. The number of hydrogen-bond donors (Lipinski definition) is 1. The molecule has 6 nitrogen and oxygen atoms in total. The molecular weight excluding hydrogens is 354 g/mol. The van der Waals surface area contributed by atoms with Crippen molar-refractivity contribution in [3.05, 3.63) is 53.6 Å². The van der Waals surface area contributed by atoms with Crippen LogP contribution in [0.25, 0.3) is 0 Å². The predicted molar refractivity (Wildman–Crippen MR) is 112 cm³/mol. The summed E-state index contributed by atoms with van der Waals surface area (Å²) in [4.78, 5) is 16.7. The minimum absolute atomic E-state index is 0.00806. The van der Waals surface area contributed by atoms with E-state index in [2.05, 4.69) is 29.3 Å². The number of ether oxygens (including phenoxy) is 2. The quantitative estimate of drug-likeness (QED) is 0.833. The number of para-hydroxylation sites is 2. The molecule has 0 unspecified atom stereocenters. The summed E-state index contributed by atoms with van der Waals surface area (Å²) in [5.74, 6) is 1.73. The van der Waals surface area contributed by atoms with Gasteiger partial charge in [0.15, 0.2) is 0 Å². The molecule has 2 amide bonds. The summed E-state index contributed by atoms with van der Waals surface area (Å²) in [6.07, 6.45) is 0.748. The van der Waals surface area contributed by atoms with Crippen molar-refractivity contribution >= 4 is 11.7 Å². The van der Waals surface area contributed by atoms with Gasteiger partial charge in [0.1, 0.15) is 11.5 Å². The number of hydrogen-bond acceptors (Lipinski definition) is 4. The highest BCUT2D eigenvalue weighted by Gasteiger charge is 2.22. The highest BCUT2D eigenvalue weighted by molar-refractivity contribution is 5.74. The molecule has 1 aliphatic heterocycles. The molecule has 0 saturated carbocycles. The second-order valence-corrected chi connectivity index (χ2v) is 6.94. The Morgan fingerprint density at radius 3 is 2.43 bits per heavy atom. The minimum atomic E-state index is -0.00806. The molecular formula is C22H29N3O3. The summed E-state index contributed by atoms with van der Waals surface area (Å²) in [6, 6.07) is 14.1. The van der Waals surface area contributed by atoms with E-state index < -0.39 is 0 Å². The molecule has 150 valence electrons. The molecule has 1 heterocycles. The maximum atomic E-state index is 12.5. The van der Waals surface area contributed by atoms with Gasteiger partial charge in [-0.25, -0.2) is 4.79 Å². The summed E-state index contributed by atoms with van der Waals surface area (Å²) in [6.45, 7) is 5.61. The first-order chi connectivity index (χ1) is 13.6. The van der Waals surface area contributed by atoms with E-state index in [1.54, 1.807) is 14.2 Å². The lowest BCUT2D eigenvalue weighted by molar-refractivity contribution is 0.194. The number of carbonyl (C=O) groups is 1. The fourth-order valence-corrected chi connectivity index (χ4v) is 3.56. The Morgan fingerprint density at radius 2 is 1.71 bits per heavy atom. The van der Waals surface area contributed by atoms with Crippen LogP contribution in [0.1, 0.15) is 11.1 Å². The molecule has 1 N–H and O–H groups in total. The summed E-state index contributed by atoms with van der Waals surface area (Å²) in [7, 11) is 3.36. The van der Waals surface area contributed by atoms with Crippen LogP contribution in [0.3, 0.4) is 0 Å². The molecule has 2 aromatic carbocycles. The first kappa shape index (κ1) is 19.9. The fourth-order valence-electron chi connectivity index (χ4n) is 3.56. The van der Waals surface area contributed by atoms with E-state index in [0.717, 1.165) is 42.3 Å². The second kappa shape index (κ2) is 9.35. The molecule has 0 atom stereocenters. The van der Waals surface area contributed by atoms with Gasteiger partial charge in [-0.2, -0.15) is 0 Å². The monoisotopic (exact) mass is 383 g/mol. The molecule has 1 aliphatic rings. The number of urea groups is 1. The summed E-state index contributed by atoms with van der Waals surface area (Å²) in [5.41, 5.74) is 3.38. The largest absolute Gasteiger partial charge is 0.496 e. The third-order valence-electron chi connectivity index (χ3n) is 5.10. The van der Waals surface area contributed by atoms with Gasteiger partial charge < -0.3 is 24.6 Å². The van der Waals surface area contributed by atoms with Crippen LogP contribution < -0.4 is 19.7 Å². The van der Waals surface area contributed by atoms with Gasteiger partial charge in [0.05, 0.1) is 19.9 Å². The Balaban J connectivity index is 1.49. The van der Waals surface area contributed by atoms with Crippen molar-refractivity contribution in [1.29, 1.82) is 0 Å². The molecule has 0 bridgehead atoms. The number of nitrogens with zero attached hydrogens (tertiary/aromatic N) is 2. The molecule has 28 heavy (non-hydrogen) atoms. The van der Waals surface area contributed by atoms with E-state index in [9.17, 15) is 4.79 Å². The normalized spacial score (nSPS) is 14.0. The van der Waals surface area contributed by atoms with Crippen molar-refractivity contribution in [3.63, 3.8) is 0 Å². The number of carbonyl (C=O) groups excluding carboxylic acids is 1. The average molecular weight is 383 g/mol. The van der Waals surface area contributed by atoms with Gasteiger partial charge in [-0.05, 0) is 37.1 Å². The van der Waals surface area contributed by atoms with Crippen molar-refractivity contribution in [2.75, 3.05) is 51.8 Å². The number of benzene rings is 2. The third kappa shape index (κ3) is 4.68. The van der Waals surface area contributed by atoms with Crippen molar-refractivity contribution in [3.8, 4) is 11.5 Å². The van der Waals surface area contributed by atoms with Crippen molar-refractivity contribution in [1.82, 2.24) is 10.2 Å². The van der Waals surface area contributed by atoms with Gasteiger partial charge in [0.2, 0.25) is 0 Å². The maximum absolute atomic E-state index is 12.5. The lowest BCUT2D eigenvalue weighted by Crippen LogP contribution is -2.52. The van der Waals surface area contributed by atoms with Gasteiger partial charge in [0.25, 0.3) is 0 Å². The van der Waals surface area contributed by atoms with Gasteiger partial charge in [0, 0.05) is 32.7 Å². The second-order valence-electron chi connectivity index (χ2n) is 6.94. The van der Waals surface area contributed by atoms with Gasteiger partial charge in [-0.1, -0.05) is 29.8 Å². The number of methoxy groups -OCH3 is 2. The predicted octanol–water partition coefficient (Wildman–Crippen LogP) is 3.09. The standard InChI is InChI=1S/C22H29N3O3/c1-17-8-9-20(27-2)18(16-17)10-11-23-22(26)25-14-12-24(13-15-25)19-6-4-5-7-21(19)28-3/h4-9,16H,10-15H2,1-3H3,(H,23,26). The molecule has 0 radical (unpaired) electrons. The van der Waals surface area contributed by atoms with Crippen LogP contribution in [0.5, 0.6) is 11.5 Å². The summed E-state index contributed by atoms with van der Waals surface area (Å²) >= 11 is 0. The molecule has 0 aromatic heterocycles. The highest BCUT2D eigenvalue weighted by atomic mass is 16.5. The van der Waals surface area contributed by atoms with E-state index in [0.29, 0.717) is 19.6 Å². The number of aryl methyl sites for hydroxylation is 1. The van der Waals surface area contributed by atoms with E-state index in [-0.39, 0.29) is 6.03 Å². The Morgan fingerprint density at radius 1 is 1.00 bits per heavy atom. The van der Waals surface area contributed by atoms with Crippen molar-refractivity contribution in [2.45, 2.75) is 13.3 Å². The van der Waals surface area contributed by atoms with Crippen LogP contribution in [-0.4, -0.2) is 57.9 Å². The number of piperazine rings is 1. The molecule has 1 fully saturated rings. The first-order valence-electron chi connectivity index (χ1n) is 9.66. The van der Waals surface area contributed by atoms with Crippen LogP contribution >= 0.6 is 0 Å². The molecule has 6 heteroatoms. The Hall–Kier alpha value is -2.89. The molecule has 3 rings (SSSR count). The third-order valence-corrected chi connectivity index (χ3v) is 5.10. The van der Waals surface area contributed by atoms with Crippen molar-refractivity contribution in [2.24, 2.45) is 0 Å². The Kier molecular flexibility index (Phi) is 6.63. The Bertz CT molecular complexity index is 801. The molecule has 2 aromatic rings. The average Bonchev–Trinajstić information content (AvgIpc) is 2.74. The highest BCUT2D eigenvalue weighted by Crippen LogP contribution is 2.28. The van der Waals surface area contributed by atoms with E-state index >= 15 is 0 Å². The van der Waals surface area contributed by atoms with Crippen molar-refractivity contribution < 1.29 is 14.3 Å². The number of amides is 2. The van der Waals surface area contributed by atoms with Crippen LogP contribution in [0.15, 0.2) is 42.5 Å². The van der Waals surface area contributed by atoms with Crippen LogP contribution in [0.4, 0.5) is 10.5 Å². The van der Waals surface area contributed by atoms with E-state index in [1.807, 2.05) is 35.2 Å². The molecule has 0 spiro atoms. The van der Waals surface area contributed by atoms with E-state index in [1.165, 1.54) is 5.56 Å². The zero-order chi connectivity index (χ0) is 19.9. The number of anilines is 1. The SMILES string of the molecule is COc1ccc(C)cc1CCNC(=O)N1CCN(c2ccccc2OC)CC1. The van der Waals surface area contributed by atoms with E-state index in [4.69, 9.17) is 9.47 Å². The number of nitrogens with one attached hydrogen (secondary N) is 1. The van der Waals surface area contributed by atoms with Gasteiger partial charge in [-0.3, -0.25) is 0 Å². The lowest BCUT2D eigenvalue weighted by atomic mass is 10.1. The lowest BCUT2D eigenvalue weighted by Gasteiger charge is -2.36. The molecule has 0 aliphatic carbocycles. The number of rotatable bonds is 6. The molecule has 1 saturated heterocycles. The zero-order valence-electron chi connectivity index (χ0n) is 16.9. The van der Waals surface area contributed by atoms with Crippen LogP contribution in [-0.2, 0) is 6.42 Å². The van der Waals surface area contributed by atoms with Crippen LogP contribution in [0, 0.1) is 6.92 Å². The summed E-state index contributed by atoms with van der Waals surface area (Å²) in [5, 5.41) is 3.04. The Labute approximate surface area is 167 Å². The van der Waals surface area contributed by atoms with Gasteiger partial charge >= 0.3 is 6.03 Å². The first-order valence-corrected chi connectivity index (χ1v) is 9.66. The van der Waals surface area contributed by atoms with Gasteiger partial charge in [-0.15, -0.1) is 0 Å². The smallest absolute Gasteiger partial charge is 0.317 e. The fraction of sp³-hybridized carbons (Fsp3) is 0.409. The minimum Gasteiger partial charge on any atom is -0.496 e.